The number of fused-ring (bicyclic) bond motifs is 1. The van der Waals surface area contributed by atoms with Gasteiger partial charge in [-0.15, -0.1) is 12.6 Å². The minimum absolute atomic E-state index is 0.797. The van der Waals surface area contributed by atoms with E-state index >= 15 is 0 Å². The van der Waals surface area contributed by atoms with E-state index in [4.69, 9.17) is 5.73 Å². The van der Waals surface area contributed by atoms with Crippen LogP contribution in [-0.4, -0.2) is 0 Å². The summed E-state index contributed by atoms with van der Waals surface area (Å²) in [6.45, 7) is 2.08. The van der Waals surface area contributed by atoms with Gasteiger partial charge in [0.15, 0.2) is 0 Å². The van der Waals surface area contributed by atoms with Crippen molar-refractivity contribution >= 4 is 29.1 Å². The van der Waals surface area contributed by atoms with E-state index in [1.807, 2.05) is 24.3 Å². The first-order valence-corrected chi connectivity index (χ1v) is 4.60. The number of rotatable bonds is 0. The molecule has 0 fully saturated rings. The van der Waals surface area contributed by atoms with Crippen LogP contribution < -0.4 is 5.73 Å². The minimum Gasteiger partial charge on any atom is -0.399 e. The molecule has 0 aliphatic heterocycles. The second-order valence-corrected chi connectivity index (χ2v) is 3.76. The lowest BCUT2D eigenvalue weighted by Crippen LogP contribution is -1.85. The van der Waals surface area contributed by atoms with Crippen LogP contribution >= 0.6 is 12.6 Å². The van der Waals surface area contributed by atoms with Crippen molar-refractivity contribution in [2.75, 3.05) is 5.73 Å². The van der Waals surface area contributed by atoms with Gasteiger partial charge in [-0.25, -0.2) is 0 Å². The summed E-state index contributed by atoms with van der Waals surface area (Å²) >= 11 is 4.32. The van der Waals surface area contributed by atoms with Gasteiger partial charge in [0.25, 0.3) is 0 Å². The van der Waals surface area contributed by atoms with Crippen molar-refractivity contribution < 1.29 is 0 Å². The van der Waals surface area contributed by atoms with E-state index in [1.54, 1.807) is 0 Å². The van der Waals surface area contributed by atoms with E-state index in [0.717, 1.165) is 16.0 Å². The first-order chi connectivity index (χ1) is 6.16. The van der Waals surface area contributed by atoms with Gasteiger partial charge in [-0.2, -0.15) is 0 Å². The Bertz CT molecular complexity index is 458. The van der Waals surface area contributed by atoms with Gasteiger partial charge in [-0.3, -0.25) is 0 Å². The molecular formula is C11H11NS. The molecule has 0 radical (unpaired) electrons. The highest BCUT2D eigenvalue weighted by Gasteiger charge is 1.98. The van der Waals surface area contributed by atoms with Crippen LogP contribution in [0.15, 0.2) is 35.2 Å². The van der Waals surface area contributed by atoms with Gasteiger partial charge in [0.05, 0.1) is 0 Å². The largest absolute Gasteiger partial charge is 0.399 e. The molecule has 2 aromatic carbocycles. The maximum atomic E-state index is 5.70. The molecule has 0 atom stereocenters. The van der Waals surface area contributed by atoms with Crippen LogP contribution in [0.2, 0.25) is 0 Å². The number of thiol groups is 1. The molecule has 1 nitrogen and oxygen atoms in total. The molecule has 0 spiro atoms. The number of hydrogen-bond acceptors (Lipinski definition) is 2. The molecule has 2 aromatic rings. The number of anilines is 1. The Labute approximate surface area is 83.0 Å². The normalized spacial score (nSPS) is 10.6. The molecule has 0 heterocycles. The Morgan fingerprint density at radius 1 is 1.15 bits per heavy atom. The van der Waals surface area contributed by atoms with Gasteiger partial charge < -0.3 is 5.73 Å². The molecule has 0 bridgehead atoms. The van der Waals surface area contributed by atoms with Crippen LogP contribution in [0.4, 0.5) is 5.69 Å². The number of aryl methyl sites for hydroxylation is 1. The van der Waals surface area contributed by atoms with Crippen molar-refractivity contribution in [3.8, 4) is 0 Å². The molecule has 2 N–H and O–H groups in total. The highest BCUT2D eigenvalue weighted by atomic mass is 32.1. The topological polar surface area (TPSA) is 26.0 Å². The predicted octanol–water partition coefficient (Wildman–Crippen LogP) is 3.02. The predicted molar refractivity (Wildman–Crippen MR) is 60.3 cm³/mol. The third kappa shape index (κ3) is 1.49. The summed E-state index contributed by atoms with van der Waals surface area (Å²) < 4.78 is 0. The molecule has 0 aliphatic carbocycles. The standard InChI is InChI=1S/C11H11NS/c1-7-4-10(13)6-8-5-9(12)2-3-11(7)8/h2-6,13H,12H2,1H3. The first-order valence-electron chi connectivity index (χ1n) is 4.16. The van der Waals surface area contributed by atoms with Crippen LogP contribution in [0.1, 0.15) is 5.56 Å². The van der Waals surface area contributed by atoms with E-state index in [0.29, 0.717) is 0 Å². The SMILES string of the molecule is Cc1cc(S)cc2cc(N)ccc12. The summed E-state index contributed by atoms with van der Waals surface area (Å²) in [7, 11) is 0. The highest BCUT2D eigenvalue weighted by molar-refractivity contribution is 7.80. The van der Waals surface area contributed by atoms with Crippen LogP contribution in [0, 0.1) is 6.92 Å². The quantitative estimate of drug-likeness (QED) is 0.483. The zero-order valence-corrected chi connectivity index (χ0v) is 8.31. The molecule has 0 aromatic heterocycles. The molecule has 0 aliphatic rings. The van der Waals surface area contributed by atoms with Crippen LogP contribution in [0.25, 0.3) is 10.8 Å². The summed E-state index contributed by atoms with van der Waals surface area (Å²) in [4.78, 5) is 0.982. The number of nitrogen functional groups attached to an aromatic ring is 1. The van der Waals surface area contributed by atoms with Crippen molar-refractivity contribution in [1.29, 1.82) is 0 Å². The lowest BCUT2D eigenvalue weighted by Gasteiger charge is -2.04. The van der Waals surface area contributed by atoms with E-state index in [-0.39, 0.29) is 0 Å². The third-order valence-electron chi connectivity index (χ3n) is 2.17. The first kappa shape index (κ1) is 8.45. The molecule has 2 rings (SSSR count). The lowest BCUT2D eigenvalue weighted by molar-refractivity contribution is 1.42. The third-order valence-corrected chi connectivity index (χ3v) is 2.43. The molecule has 0 saturated heterocycles. The average Bonchev–Trinajstić information content (AvgIpc) is 2.02. The Hall–Kier alpha value is -1.15. The molecule has 2 heteroatoms. The summed E-state index contributed by atoms with van der Waals surface area (Å²) in [5.41, 5.74) is 7.73. The average molecular weight is 189 g/mol. The maximum absolute atomic E-state index is 5.70. The Kier molecular flexibility index (Phi) is 1.93. The Morgan fingerprint density at radius 2 is 1.92 bits per heavy atom. The fraction of sp³-hybridized carbons (Fsp3) is 0.0909. The van der Waals surface area contributed by atoms with Crippen molar-refractivity contribution in [3.05, 3.63) is 35.9 Å². The second-order valence-electron chi connectivity index (χ2n) is 3.24. The number of hydrogen-bond donors (Lipinski definition) is 2. The fourth-order valence-corrected chi connectivity index (χ4v) is 1.89. The van der Waals surface area contributed by atoms with Gasteiger partial charge in [-0.05, 0) is 47.5 Å². The Morgan fingerprint density at radius 3 is 2.69 bits per heavy atom. The highest BCUT2D eigenvalue weighted by Crippen LogP contribution is 2.24. The molecule has 0 unspecified atom stereocenters. The minimum atomic E-state index is 0.797. The zero-order chi connectivity index (χ0) is 9.42. The monoisotopic (exact) mass is 189 g/mol. The molecular weight excluding hydrogens is 178 g/mol. The van der Waals surface area contributed by atoms with E-state index in [9.17, 15) is 0 Å². The van der Waals surface area contributed by atoms with Gasteiger partial charge >= 0.3 is 0 Å². The number of nitrogens with two attached hydrogens (primary N) is 1. The fourth-order valence-electron chi connectivity index (χ4n) is 1.56. The maximum Gasteiger partial charge on any atom is 0.0320 e. The van der Waals surface area contributed by atoms with Crippen molar-refractivity contribution in [1.82, 2.24) is 0 Å². The van der Waals surface area contributed by atoms with Gasteiger partial charge in [0.1, 0.15) is 0 Å². The summed E-state index contributed by atoms with van der Waals surface area (Å²) in [5, 5.41) is 2.40. The molecule has 66 valence electrons. The molecule has 0 saturated carbocycles. The Balaban J connectivity index is 2.86. The van der Waals surface area contributed by atoms with Gasteiger partial charge in [0.2, 0.25) is 0 Å². The van der Waals surface area contributed by atoms with Crippen molar-refractivity contribution in [3.63, 3.8) is 0 Å². The summed E-state index contributed by atoms with van der Waals surface area (Å²) in [5.74, 6) is 0. The van der Waals surface area contributed by atoms with E-state index in [1.165, 1.54) is 10.9 Å². The van der Waals surface area contributed by atoms with E-state index in [2.05, 4.69) is 25.6 Å². The van der Waals surface area contributed by atoms with Gasteiger partial charge in [-0.1, -0.05) is 6.07 Å². The smallest absolute Gasteiger partial charge is 0.0320 e. The van der Waals surface area contributed by atoms with Crippen molar-refractivity contribution in [2.24, 2.45) is 0 Å². The summed E-state index contributed by atoms with van der Waals surface area (Å²) in [6, 6.07) is 10.0. The summed E-state index contributed by atoms with van der Waals surface area (Å²) in [6.07, 6.45) is 0. The molecule has 13 heavy (non-hydrogen) atoms. The number of benzene rings is 2. The van der Waals surface area contributed by atoms with Gasteiger partial charge in [0, 0.05) is 10.6 Å². The van der Waals surface area contributed by atoms with E-state index < -0.39 is 0 Å². The van der Waals surface area contributed by atoms with Crippen LogP contribution in [-0.2, 0) is 0 Å². The molecule has 0 amide bonds. The van der Waals surface area contributed by atoms with Crippen LogP contribution in [0.5, 0.6) is 0 Å². The zero-order valence-electron chi connectivity index (χ0n) is 7.41. The second kappa shape index (κ2) is 2.96. The van der Waals surface area contributed by atoms with Crippen molar-refractivity contribution in [2.45, 2.75) is 11.8 Å². The lowest BCUT2D eigenvalue weighted by atomic mass is 10.1. The van der Waals surface area contributed by atoms with Crippen LogP contribution in [0.3, 0.4) is 0 Å².